The largest absolute Gasteiger partial charge is 0.461 e. The lowest BCUT2D eigenvalue weighted by molar-refractivity contribution is -0.137. The van der Waals surface area contributed by atoms with E-state index in [2.05, 4.69) is 10.2 Å². The predicted molar refractivity (Wildman–Crippen MR) is 99.2 cm³/mol. The second-order valence-electron chi connectivity index (χ2n) is 5.91. The molecule has 0 saturated carbocycles. The molecular weight excluding hydrogens is 357 g/mol. The second kappa shape index (κ2) is 9.41. The number of likely N-dealkylation sites (N-methyl/N-ethyl adjacent to an activating group) is 1. The van der Waals surface area contributed by atoms with E-state index < -0.39 is 17.7 Å². The highest BCUT2D eigenvalue weighted by Crippen LogP contribution is 2.31. The maximum Gasteiger partial charge on any atom is 0.416 e. The Morgan fingerprint density at radius 1 is 1.07 bits per heavy atom. The molecule has 27 heavy (non-hydrogen) atoms. The van der Waals surface area contributed by atoms with Crippen molar-refractivity contribution in [3.63, 3.8) is 0 Å². The first-order valence-electron chi connectivity index (χ1n) is 8.78. The smallest absolute Gasteiger partial charge is 0.416 e. The maximum absolute atomic E-state index is 12.9. The predicted octanol–water partition coefficient (Wildman–Crippen LogP) is 4.95. The molecule has 4 nitrogen and oxygen atoms in total. The standard InChI is InChI=1S/C20H23F3N2O2/c1-3-25(4-2)12-13-27-19(26)17-10-5-6-11-18(17)24-16-9-7-8-15(14-16)20(21,22)23/h5-11,14,24H,3-4,12-13H2,1-2H3. The Morgan fingerprint density at radius 3 is 2.44 bits per heavy atom. The van der Waals surface area contributed by atoms with Crippen LogP contribution in [0.2, 0.25) is 0 Å². The van der Waals surface area contributed by atoms with Gasteiger partial charge in [0.25, 0.3) is 0 Å². The lowest BCUT2D eigenvalue weighted by Crippen LogP contribution is -2.28. The average molecular weight is 380 g/mol. The number of rotatable bonds is 8. The van der Waals surface area contributed by atoms with E-state index in [0.29, 0.717) is 12.2 Å². The van der Waals surface area contributed by atoms with Crippen LogP contribution < -0.4 is 5.32 Å². The molecule has 0 saturated heterocycles. The zero-order valence-electron chi connectivity index (χ0n) is 15.3. The van der Waals surface area contributed by atoms with Crippen molar-refractivity contribution in [2.45, 2.75) is 20.0 Å². The third-order valence-corrected chi connectivity index (χ3v) is 4.15. The highest BCUT2D eigenvalue weighted by atomic mass is 19.4. The average Bonchev–Trinajstić information content (AvgIpc) is 2.65. The summed E-state index contributed by atoms with van der Waals surface area (Å²) in [6.07, 6.45) is -4.43. The fraction of sp³-hybridized carbons (Fsp3) is 0.350. The van der Waals surface area contributed by atoms with Gasteiger partial charge in [-0.1, -0.05) is 32.0 Å². The number of benzene rings is 2. The first-order valence-corrected chi connectivity index (χ1v) is 8.78. The number of ether oxygens (including phenoxy) is 1. The Bertz CT molecular complexity index is 759. The molecule has 0 radical (unpaired) electrons. The number of carbonyl (C=O) groups excluding carboxylic acids is 1. The van der Waals surface area contributed by atoms with Gasteiger partial charge in [0, 0.05) is 12.2 Å². The van der Waals surface area contributed by atoms with Gasteiger partial charge in [0.05, 0.1) is 16.8 Å². The summed E-state index contributed by atoms with van der Waals surface area (Å²) in [5, 5.41) is 2.88. The lowest BCUT2D eigenvalue weighted by Gasteiger charge is -2.18. The monoisotopic (exact) mass is 380 g/mol. The van der Waals surface area contributed by atoms with Gasteiger partial charge < -0.3 is 15.0 Å². The lowest BCUT2D eigenvalue weighted by atomic mass is 10.1. The van der Waals surface area contributed by atoms with Gasteiger partial charge in [-0.05, 0) is 43.4 Å². The summed E-state index contributed by atoms with van der Waals surface area (Å²) in [7, 11) is 0. The van der Waals surface area contributed by atoms with Gasteiger partial charge in [0.1, 0.15) is 6.61 Å². The van der Waals surface area contributed by atoms with Crippen LogP contribution >= 0.6 is 0 Å². The van der Waals surface area contributed by atoms with E-state index in [1.807, 2.05) is 13.8 Å². The topological polar surface area (TPSA) is 41.6 Å². The number of para-hydroxylation sites is 1. The highest BCUT2D eigenvalue weighted by Gasteiger charge is 2.30. The third kappa shape index (κ3) is 5.99. The molecule has 0 amide bonds. The van der Waals surface area contributed by atoms with Gasteiger partial charge in [-0.2, -0.15) is 13.2 Å². The van der Waals surface area contributed by atoms with Crippen molar-refractivity contribution < 1.29 is 22.7 Å². The van der Waals surface area contributed by atoms with Crippen LogP contribution in [0.3, 0.4) is 0 Å². The van der Waals surface area contributed by atoms with Crippen LogP contribution in [-0.4, -0.2) is 37.1 Å². The molecule has 0 atom stereocenters. The van der Waals surface area contributed by atoms with Crippen LogP contribution in [0.4, 0.5) is 24.5 Å². The van der Waals surface area contributed by atoms with Gasteiger partial charge in [-0.25, -0.2) is 4.79 Å². The molecular formula is C20H23F3N2O2. The number of hydrogen-bond donors (Lipinski definition) is 1. The van der Waals surface area contributed by atoms with Crippen molar-refractivity contribution in [2.75, 3.05) is 31.6 Å². The summed E-state index contributed by atoms with van der Waals surface area (Å²) in [6.45, 7) is 6.66. The fourth-order valence-electron chi connectivity index (χ4n) is 2.58. The number of halogens is 3. The molecule has 0 heterocycles. The van der Waals surface area contributed by atoms with E-state index in [1.165, 1.54) is 12.1 Å². The normalized spacial score (nSPS) is 11.5. The molecule has 0 fully saturated rings. The number of nitrogens with one attached hydrogen (secondary N) is 1. The Labute approximate surface area is 156 Å². The van der Waals surface area contributed by atoms with Crippen molar-refractivity contribution in [1.29, 1.82) is 0 Å². The van der Waals surface area contributed by atoms with E-state index in [4.69, 9.17) is 4.74 Å². The Morgan fingerprint density at radius 2 is 1.78 bits per heavy atom. The molecule has 1 N–H and O–H groups in total. The third-order valence-electron chi connectivity index (χ3n) is 4.15. The van der Waals surface area contributed by atoms with Crippen LogP contribution in [-0.2, 0) is 10.9 Å². The SMILES string of the molecule is CCN(CC)CCOC(=O)c1ccccc1Nc1cccc(C(F)(F)F)c1. The summed E-state index contributed by atoms with van der Waals surface area (Å²) < 4.78 is 43.9. The van der Waals surface area contributed by atoms with Crippen LogP contribution in [0, 0.1) is 0 Å². The van der Waals surface area contributed by atoms with E-state index in [9.17, 15) is 18.0 Å². The maximum atomic E-state index is 12.9. The van der Waals surface area contributed by atoms with Crippen LogP contribution in [0.5, 0.6) is 0 Å². The molecule has 0 unspecified atom stereocenters. The highest BCUT2D eigenvalue weighted by molar-refractivity contribution is 5.96. The van der Waals surface area contributed by atoms with Crippen molar-refractivity contribution >= 4 is 17.3 Å². The minimum atomic E-state index is -4.43. The summed E-state index contributed by atoms with van der Waals surface area (Å²) in [5.41, 5.74) is 0.152. The molecule has 0 aliphatic carbocycles. The summed E-state index contributed by atoms with van der Waals surface area (Å²) in [5.74, 6) is -0.516. The molecule has 0 aromatic heterocycles. The van der Waals surface area contributed by atoms with Crippen LogP contribution in [0.25, 0.3) is 0 Å². The first kappa shape index (κ1) is 20.8. The number of esters is 1. The molecule has 2 rings (SSSR count). The van der Waals surface area contributed by atoms with Gasteiger partial charge in [0.2, 0.25) is 0 Å². The summed E-state index contributed by atoms with van der Waals surface area (Å²) in [4.78, 5) is 14.5. The molecule has 0 spiro atoms. The molecule has 146 valence electrons. The van der Waals surface area contributed by atoms with Crippen molar-refractivity contribution in [2.24, 2.45) is 0 Å². The molecule has 0 bridgehead atoms. The Hall–Kier alpha value is -2.54. The number of carbonyl (C=O) groups is 1. The molecule has 7 heteroatoms. The second-order valence-corrected chi connectivity index (χ2v) is 5.91. The van der Waals surface area contributed by atoms with E-state index >= 15 is 0 Å². The molecule has 0 aliphatic rings. The summed E-state index contributed by atoms with van der Waals surface area (Å²) in [6, 6.07) is 11.4. The van der Waals surface area contributed by atoms with Crippen molar-refractivity contribution in [3.8, 4) is 0 Å². The quantitative estimate of drug-likeness (QED) is 0.658. The van der Waals surface area contributed by atoms with Crippen LogP contribution in [0.1, 0.15) is 29.8 Å². The zero-order valence-corrected chi connectivity index (χ0v) is 15.3. The number of anilines is 2. The fourth-order valence-corrected chi connectivity index (χ4v) is 2.58. The van der Waals surface area contributed by atoms with Gasteiger partial charge in [-0.15, -0.1) is 0 Å². The molecule has 2 aromatic rings. The van der Waals surface area contributed by atoms with Gasteiger partial charge in [0.15, 0.2) is 0 Å². The first-order chi connectivity index (χ1) is 12.8. The van der Waals surface area contributed by atoms with E-state index in [-0.39, 0.29) is 17.9 Å². The van der Waals surface area contributed by atoms with Crippen molar-refractivity contribution in [1.82, 2.24) is 4.90 Å². The minimum absolute atomic E-state index is 0.244. The van der Waals surface area contributed by atoms with Gasteiger partial charge >= 0.3 is 12.1 Å². The molecule has 2 aromatic carbocycles. The van der Waals surface area contributed by atoms with Crippen molar-refractivity contribution in [3.05, 3.63) is 59.7 Å². The number of nitrogens with zero attached hydrogens (tertiary/aromatic N) is 1. The van der Waals surface area contributed by atoms with E-state index in [0.717, 1.165) is 25.2 Å². The molecule has 0 aliphatic heterocycles. The number of alkyl halides is 3. The van der Waals surface area contributed by atoms with Gasteiger partial charge in [-0.3, -0.25) is 0 Å². The summed E-state index contributed by atoms with van der Waals surface area (Å²) >= 11 is 0. The van der Waals surface area contributed by atoms with Crippen LogP contribution in [0.15, 0.2) is 48.5 Å². The Balaban J connectivity index is 2.10. The number of hydrogen-bond acceptors (Lipinski definition) is 4. The van der Waals surface area contributed by atoms with E-state index in [1.54, 1.807) is 24.3 Å². The minimum Gasteiger partial charge on any atom is -0.461 e. The Kier molecular flexibility index (Phi) is 7.24. The zero-order chi connectivity index (χ0) is 19.9.